The van der Waals surface area contributed by atoms with Crippen molar-refractivity contribution in [2.24, 2.45) is 5.73 Å². The molecule has 0 amide bonds. The van der Waals surface area contributed by atoms with E-state index in [1.165, 1.54) is 0 Å². The van der Waals surface area contributed by atoms with E-state index in [2.05, 4.69) is 15.9 Å². The maximum absolute atomic E-state index is 5.58. The van der Waals surface area contributed by atoms with Gasteiger partial charge in [-0.2, -0.15) is 0 Å². The minimum atomic E-state index is -0.251. The van der Waals surface area contributed by atoms with E-state index in [1.807, 2.05) is 24.3 Å². The van der Waals surface area contributed by atoms with Crippen molar-refractivity contribution >= 4 is 15.9 Å². The number of rotatable bonds is 2. The van der Waals surface area contributed by atoms with Crippen LogP contribution in [0.25, 0.3) is 0 Å². The molecule has 1 fully saturated rings. The van der Waals surface area contributed by atoms with Gasteiger partial charge >= 0.3 is 0 Å². The van der Waals surface area contributed by atoms with Crippen molar-refractivity contribution in [3.8, 4) is 0 Å². The third-order valence-corrected chi connectivity index (χ3v) is 2.66. The number of nitrogens with two attached hydrogens (primary N) is 1. The summed E-state index contributed by atoms with van der Waals surface area (Å²) < 4.78 is 12.0. The molecule has 1 aliphatic rings. The lowest BCUT2D eigenvalue weighted by Gasteiger charge is -2.09. The van der Waals surface area contributed by atoms with E-state index in [4.69, 9.17) is 15.2 Å². The lowest BCUT2D eigenvalue weighted by atomic mass is 10.1. The van der Waals surface area contributed by atoms with E-state index in [0.717, 1.165) is 10.0 Å². The van der Waals surface area contributed by atoms with Gasteiger partial charge in [0.2, 0.25) is 0 Å². The summed E-state index contributed by atoms with van der Waals surface area (Å²) in [5.41, 5.74) is 6.57. The highest BCUT2D eigenvalue weighted by molar-refractivity contribution is 9.10. The van der Waals surface area contributed by atoms with Gasteiger partial charge in [0, 0.05) is 11.0 Å². The van der Waals surface area contributed by atoms with Crippen molar-refractivity contribution in [2.45, 2.75) is 12.4 Å². The van der Waals surface area contributed by atoms with Crippen molar-refractivity contribution < 1.29 is 9.47 Å². The highest BCUT2D eigenvalue weighted by Gasteiger charge is 2.25. The van der Waals surface area contributed by atoms with Gasteiger partial charge < -0.3 is 15.2 Å². The largest absolute Gasteiger partial charge is 0.348 e. The summed E-state index contributed by atoms with van der Waals surface area (Å²) in [6.07, 6.45) is -0.236. The van der Waals surface area contributed by atoms with Crippen LogP contribution in [-0.2, 0) is 9.47 Å². The molecule has 0 spiro atoms. The Kier molecular flexibility index (Phi) is 3.18. The van der Waals surface area contributed by atoms with Crippen molar-refractivity contribution in [2.75, 3.05) is 13.2 Å². The molecule has 0 aromatic heterocycles. The summed E-state index contributed by atoms with van der Waals surface area (Å²) in [6.45, 7) is 0.989. The standard InChI is InChI=1S/C10H12BrNO2/c11-8-3-1-2-7(4-8)9-6-13-10(5-12)14-9/h1-4,9-10H,5-6,12H2. The molecule has 1 aromatic rings. The van der Waals surface area contributed by atoms with E-state index in [-0.39, 0.29) is 12.4 Å². The monoisotopic (exact) mass is 257 g/mol. The smallest absolute Gasteiger partial charge is 0.170 e. The van der Waals surface area contributed by atoms with Crippen LogP contribution in [-0.4, -0.2) is 19.4 Å². The van der Waals surface area contributed by atoms with Gasteiger partial charge in [0.05, 0.1) is 6.61 Å². The molecule has 14 heavy (non-hydrogen) atoms. The average Bonchev–Trinajstić information content (AvgIpc) is 2.66. The molecule has 1 aliphatic heterocycles. The molecule has 1 aromatic carbocycles. The van der Waals surface area contributed by atoms with Crippen LogP contribution in [0.15, 0.2) is 28.7 Å². The molecule has 0 saturated carbocycles. The molecule has 1 saturated heterocycles. The molecule has 3 nitrogen and oxygen atoms in total. The summed E-state index contributed by atoms with van der Waals surface area (Å²) in [5, 5.41) is 0. The van der Waals surface area contributed by atoms with Gasteiger partial charge in [-0.15, -0.1) is 0 Å². The molecule has 1 heterocycles. The van der Waals surface area contributed by atoms with Gasteiger partial charge in [0.15, 0.2) is 6.29 Å². The Hall–Kier alpha value is -0.420. The lowest BCUT2D eigenvalue weighted by Crippen LogP contribution is -2.20. The molecule has 4 heteroatoms. The third kappa shape index (κ3) is 2.15. The maximum Gasteiger partial charge on any atom is 0.170 e. The van der Waals surface area contributed by atoms with Crippen LogP contribution < -0.4 is 5.73 Å². The predicted octanol–water partition coefficient (Wildman–Crippen LogP) is 1.82. The van der Waals surface area contributed by atoms with Gasteiger partial charge in [-0.25, -0.2) is 0 Å². The Morgan fingerprint density at radius 1 is 1.50 bits per heavy atom. The van der Waals surface area contributed by atoms with Gasteiger partial charge in [0.25, 0.3) is 0 Å². The van der Waals surface area contributed by atoms with Gasteiger partial charge in [-0.1, -0.05) is 28.1 Å². The van der Waals surface area contributed by atoms with Crippen LogP contribution in [0, 0.1) is 0 Å². The molecule has 0 bridgehead atoms. The van der Waals surface area contributed by atoms with Crippen molar-refractivity contribution in [3.63, 3.8) is 0 Å². The fourth-order valence-corrected chi connectivity index (χ4v) is 1.88. The van der Waals surface area contributed by atoms with Crippen LogP contribution in [0.1, 0.15) is 11.7 Å². The highest BCUT2D eigenvalue weighted by atomic mass is 79.9. The zero-order valence-corrected chi connectivity index (χ0v) is 9.24. The normalized spacial score (nSPS) is 26.7. The van der Waals surface area contributed by atoms with Crippen molar-refractivity contribution in [1.29, 1.82) is 0 Å². The second-order valence-electron chi connectivity index (χ2n) is 3.18. The average molecular weight is 258 g/mol. The zero-order chi connectivity index (χ0) is 9.97. The van der Waals surface area contributed by atoms with Crippen molar-refractivity contribution in [1.82, 2.24) is 0 Å². The van der Waals surface area contributed by atoms with E-state index in [0.29, 0.717) is 13.2 Å². The van der Waals surface area contributed by atoms with Crippen LogP contribution in [0.5, 0.6) is 0 Å². The first-order valence-corrected chi connectivity index (χ1v) is 5.31. The molecule has 2 unspecified atom stereocenters. The number of benzene rings is 1. The number of halogens is 1. The molecule has 76 valence electrons. The molecule has 2 atom stereocenters. The number of ether oxygens (including phenoxy) is 2. The predicted molar refractivity (Wildman–Crippen MR) is 56.8 cm³/mol. The third-order valence-electron chi connectivity index (χ3n) is 2.16. The summed E-state index contributed by atoms with van der Waals surface area (Å²) >= 11 is 3.42. The first-order chi connectivity index (χ1) is 6.79. The molecular weight excluding hydrogens is 246 g/mol. The molecule has 2 rings (SSSR count). The van der Waals surface area contributed by atoms with Crippen LogP contribution in [0.4, 0.5) is 0 Å². The van der Waals surface area contributed by atoms with Gasteiger partial charge in [-0.05, 0) is 17.7 Å². The van der Waals surface area contributed by atoms with Crippen LogP contribution >= 0.6 is 15.9 Å². The summed E-state index contributed by atoms with van der Waals surface area (Å²) in [7, 11) is 0. The first-order valence-electron chi connectivity index (χ1n) is 4.52. The minimum Gasteiger partial charge on any atom is -0.348 e. The van der Waals surface area contributed by atoms with Crippen LogP contribution in [0.3, 0.4) is 0 Å². The second-order valence-corrected chi connectivity index (χ2v) is 4.09. The topological polar surface area (TPSA) is 44.5 Å². The summed E-state index contributed by atoms with van der Waals surface area (Å²) in [6, 6.07) is 8.03. The first kappa shape index (κ1) is 10.1. The molecular formula is C10H12BrNO2. The number of hydrogen-bond acceptors (Lipinski definition) is 3. The molecule has 0 radical (unpaired) electrons. The van der Waals surface area contributed by atoms with Crippen molar-refractivity contribution in [3.05, 3.63) is 34.3 Å². The SMILES string of the molecule is NCC1OCC(c2cccc(Br)c2)O1. The maximum atomic E-state index is 5.58. The van der Waals surface area contributed by atoms with E-state index in [9.17, 15) is 0 Å². The quantitative estimate of drug-likeness (QED) is 0.880. The molecule has 2 N–H and O–H groups in total. The number of hydrogen-bond donors (Lipinski definition) is 1. The van der Waals surface area contributed by atoms with E-state index < -0.39 is 0 Å². The summed E-state index contributed by atoms with van der Waals surface area (Å²) in [4.78, 5) is 0. The van der Waals surface area contributed by atoms with Crippen LogP contribution in [0.2, 0.25) is 0 Å². The Balaban J connectivity index is 2.09. The fraction of sp³-hybridized carbons (Fsp3) is 0.400. The minimum absolute atomic E-state index is 0.0149. The van der Waals surface area contributed by atoms with E-state index in [1.54, 1.807) is 0 Å². The summed E-state index contributed by atoms with van der Waals surface area (Å²) in [5.74, 6) is 0. The second kappa shape index (κ2) is 4.40. The zero-order valence-electron chi connectivity index (χ0n) is 7.65. The highest BCUT2D eigenvalue weighted by Crippen LogP contribution is 2.27. The Morgan fingerprint density at radius 2 is 2.36 bits per heavy atom. The van der Waals surface area contributed by atoms with Gasteiger partial charge in [-0.3, -0.25) is 0 Å². The molecule has 0 aliphatic carbocycles. The Morgan fingerprint density at radius 3 is 3.00 bits per heavy atom. The Labute approximate surface area is 91.3 Å². The lowest BCUT2D eigenvalue weighted by molar-refractivity contribution is -0.0497. The Bertz CT molecular complexity index is 319. The van der Waals surface area contributed by atoms with E-state index >= 15 is 0 Å². The fourth-order valence-electron chi connectivity index (χ4n) is 1.46. The van der Waals surface area contributed by atoms with Gasteiger partial charge in [0.1, 0.15) is 6.10 Å².